The minimum absolute atomic E-state index is 0.174. The Labute approximate surface area is 116 Å². The predicted molar refractivity (Wildman–Crippen MR) is 75.3 cm³/mol. The first-order valence-electron chi connectivity index (χ1n) is 6.30. The van der Waals surface area contributed by atoms with Crippen LogP contribution in [0.3, 0.4) is 0 Å². The fourth-order valence-corrected chi connectivity index (χ4v) is 1.96. The molecule has 0 spiro atoms. The number of carbonyl (C=O) groups is 1. The minimum Gasteiger partial charge on any atom is -0.423 e. The van der Waals surface area contributed by atoms with Crippen LogP contribution in [-0.2, 0) is 6.42 Å². The van der Waals surface area contributed by atoms with Crippen LogP contribution in [0.1, 0.15) is 22.3 Å². The maximum atomic E-state index is 13.6. The number of hydrogen-bond acceptors (Lipinski definition) is 3. The van der Waals surface area contributed by atoms with Crippen molar-refractivity contribution in [2.75, 3.05) is 0 Å². The first-order valence-corrected chi connectivity index (χ1v) is 6.30. The quantitative estimate of drug-likeness (QED) is 0.637. The van der Waals surface area contributed by atoms with Crippen LogP contribution < -0.4 is 5.46 Å². The van der Waals surface area contributed by atoms with E-state index in [9.17, 15) is 9.18 Å². The molecule has 2 rings (SSSR count). The second-order valence-corrected chi connectivity index (χ2v) is 4.52. The fourth-order valence-electron chi connectivity index (χ4n) is 1.96. The summed E-state index contributed by atoms with van der Waals surface area (Å²) in [4.78, 5) is 12.0. The van der Waals surface area contributed by atoms with E-state index in [1.54, 1.807) is 0 Å². The Kier molecular flexibility index (Phi) is 4.66. The molecule has 0 amide bonds. The molecule has 0 aliphatic carbocycles. The summed E-state index contributed by atoms with van der Waals surface area (Å²) >= 11 is 0. The molecule has 102 valence electrons. The Hall–Kier alpha value is -1.98. The molecule has 0 radical (unpaired) electrons. The van der Waals surface area contributed by atoms with E-state index in [-0.39, 0.29) is 23.2 Å². The number of carbonyl (C=O) groups excluding carboxylic acids is 1. The van der Waals surface area contributed by atoms with E-state index in [0.717, 1.165) is 11.6 Å². The first-order chi connectivity index (χ1) is 9.58. The number of benzene rings is 2. The largest absolute Gasteiger partial charge is 0.491 e. The van der Waals surface area contributed by atoms with Crippen molar-refractivity contribution in [2.24, 2.45) is 0 Å². The monoisotopic (exact) mass is 272 g/mol. The Balaban J connectivity index is 2.04. The molecular formula is C15H14BFO3. The van der Waals surface area contributed by atoms with E-state index in [1.807, 2.05) is 30.3 Å². The molecule has 5 heteroatoms. The molecular weight excluding hydrogens is 258 g/mol. The average molecular weight is 272 g/mol. The van der Waals surface area contributed by atoms with Gasteiger partial charge in [-0.3, -0.25) is 4.79 Å². The zero-order valence-electron chi connectivity index (χ0n) is 10.8. The van der Waals surface area contributed by atoms with Gasteiger partial charge in [0.25, 0.3) is 0 Å². The van der Waals surface area contributed by atoms with Gasteiger partial charge in [-0.1, -0.05) is 42.5 Å². The summed E-state index contributed by atoms with van der Waals surface area (Å²) in [6, 6.07) is 13.2. The summed E-state index contributed by atoms with van der Waals surface area (Å²) in [5, 5.41) is 17.8. The third-order valence-electron chi connectivity index (χ3n) is 3.08. The number of rotatable bonds is 5. The van der Waals surface area contributed by atoms with Crippen molar-refractivity contribution in [1.82, 2.24) is 0 Å². The summed E-state index contributed by atoms with van der Waals surface area (Å²) in [6.07, 6.45) is 0.871. The fraction of sp³-hybridized carbons (Fsp3) is 0.133. The van der Waals surface area contributed by atoms with Crippen LogP contribution in [0.5, 0.6) is 0 Å². The van der Waals surface area contributed by atoms with Crippen LogP contribution >= 0.6 is 0 Å². The molecule has 0 bridgehead atoms. The molecule has 0 aromatic heterocycles. The van der Waals surface area contributed by atoms with Crippen LogP contribution in [0.25, 0.3) is 0 Å². The maximum absolute atomic E-state index is 13.6. The molecule has 0 fully saturated rings. The van der Waals surface area contributed by atoms with Gasteiger partial charge in [-0.25, -0.2) is 4.39 Å². The lowest BCUT2D eigenvalue weighted by atomic mass is 9.79. The van der Waals surface area contributed by atoms with Crippen LogP contribution in [0.4, 0.5) is 4.39 Å². The second-order valence-electron chi connectivity index (χ2n) is 4.52. The average Bonchev–Trinajstić information content (AvgIpc) is 2.45. The van der Waals surface area contributed by atoms with Gasteiger partial charge in [-0.15, -0.1) is 0 Å². The van der Waals surface area contributed by atoms with Gasteiger partial charge in [0.2, 0.25) is 0 Å². The zero-order chi connectivity index (χ0) is 14.5. The Morgan fingerprint density at radius 3 is 2.40 bits per heavy atom. The number of aryl methyl sites for hydroxylation is 1. The van der Waals surface area contributed by atoms with Crippen molar-refractivity contribution < 1.29 is 19.2 Å². The summed E-state index contributed by atoms with van der Waals surface area (Å²) in [5.74, 6) is -0.961. The van der Waals surface area contributed by atoms with Crippen LogP contribution in [-0.4, -0.2) is 22.9 Å². The number of hydrogen-bond donors (Lipinski definition) is 2. The smallest absolute Gasteiger partial charge is 0.423 e. The Bertz CT molecular complexity index is 599. The molecule has 0 atom stereocenters. The van der Waals surface area contributed by atoms with Crippen molar-refractivity contribution >= 4 is 18.4 Å². The highest BCUT2D eigenvalue weighted by molar-refractivity contribution is 6.58. The van der Waals surface area contributed by atoms with E-state index < -0.39 is 12.9 Å². The molecule has 2 N–H and O–H groups in total. The van der Waals surface area contributed by atoms with E-state index in [4.69, 9.17) is 10.0 Å². The topological polar surface area (TPSA) is 57.5 Å². The molecule has 0 saturated carbocycles. The molecule has 3 nitrogen and oxygen atoms in total. The second kappa shape index (κ2) is 6.46. The minimum atomic E-state index is -1.87. The molecule has 2 aromatic rings. The predicted octanol–water partition coefficient (Wildman–Crippen LogP) is 1.32. The Morgan fingerprint density at radius 1 is 1.10 bits per heavy atom. The van der Waals surface area contributed by atoms with Gasteiger partial charge in [0.15, 0.2) is 5.78 Å². The third kappa shape index (κ3) is 3.53. The highest BCUT2D eigenvalue weighted by atomic mass is 19.1. The molecule has 0 heterocycles. The third-order valence-corrected chi connectivity index (χ3v) is 3.08. The summed E-state index contributed by atoms with van der Waals surface area (Å²) < 4.78 is 13.6. The lowest BCUT2D eigenvalue weighted by molar-refractivity contribution is 0.0982. The van der Waals surface area contributed by atoms with Gasteiger partial charge >= 0.3 is 7.12 Å². The highest BCUT2D eigenvalue weighted by Crippen LogP contribution is 2.09. The lowest BCUT2D eigenvalue weighted by Gasteiger charge is -2.05. The van der Waals surface area contributed by atoms with Gasteiger partial charge < -0.3 is 10.0 Å². The number of halogens is 1. The molecule has 20 heavy (non-hydrogen) atoms. The molecule has 0 aliphatic rings. The first kappa shape index (κ1) is 14.4. The van der Waals surface area contributed by atoms with E-state index >= 15 is 0 Å². The van der Waals surface area contributed by atoms with E-state index in [1.165, 1.54) is 12.1 Å². The Morgan fingerprint density at radius 2 is 1.80 bits per heavy atom. The van der Waals surface area contributed by atoms with Gasteiger partial charge in [0.1, 0.15) is 5.82 Å². The maximum Gasteiger partial charge on any atom is 0.491 e. The molecule has 2 aromatic carbocycles. The molecule has 0 aliphatic heterocycles. The van der Waals surface area contributed by atoms with Gasteiger partial charge in [0, 0.05) is 17.4 Å². The van der Waals surface area contributed by atoms with Crippen molar-refractivity contribution in [3.63, 3.8) is 0 Å². The van der Waals surface area contributed by atoms with Crippen LogP contribution in [0, 0.1) is 5.82 Å². The van der Waals surface area contributed by atoms with E-state index in [0.29, 0.717) is 6.42 Å². The number of Topliss-reactive ketones (excluding diaryl/α,β-unsaturated/α-hetero) is 1. The van der Waals surface area contributed by atoms with Crippen molar-refractivity contribution in [2.45, 2.75) is 12.8 Å². The van der Waals surface area contributed by atoms with Crippen molar-refractivity contribution in [1.29, 1.82) is 0 Å². The summed E-state index contributed by atoms with van der Waals surface area (Å²) in [7, 11) is -1.87. The summed E-state index contributed by atoms with van der Waals surface area (Å²) in [6.45, 7) is 0. The van der Waals surface area contributed by atoms with Crippen LogP contribution in [0.2, 0.25) is 0 Å². The zero-order valence-corrected chi connectivity index (χ0v) is 10.8. The van der Waals surface area contributed by atoms with Crippen LogP contribution in [0.15, 0.2) is 48.5 Å². The van der Waals surface area contributed by atoms with Gasteiger partial charge in [-0.2, -0.15) is 0 Å². The van der Waals surface area contributed by atoms with Gasteiger partial charge in [0.05, 0.1) is 0 Å². The van der Waals surface area contributed by atoms with Gasteiger partial charge in [-0.05, 0) is 18.1 Å². The molecule has 0 unspecified atom stereocenters. The lowest BCUT2D eigenvalue weighted by Crippen LogP contribution is -2.32. The highest BCUT2D eigenvalue weighted by Gasteiger charge is 2.18. The SMILES string of the molecule is O=C(CCc1ccccc1)c1ccc(B(O)O)c(F)c1. The van der Waals surface area contributed by atoms with Crippen molar-refractivity contribution in [3.8, 4) is 0 Å². The normalized spacial score (nSPS) is 10.3. The van der Waals surface area contributed by atoms with Crippen molar-refractivity contribution in [3.05, 3.63) is 65.5 Å². The van der Waals surface area contributed by atoms with E-state index in [2.05, 4.69) is 0 Å². The molecule has 0 saturated heterocycles. The standard InChI is InChI=1S/C15H14BFO3/c17-14-10-12(7-8-13(14)16(19)20)15(18)9-6-11-4-2-1-3-5-11/h1-5,7-8,10,19-20H,6,9H2. The number of ketones is 1. The summed E-state index contributed by atoms with van der Waals surface area (Å²) in [5.41, 5.74) is 1.05.